The Bertz CT molecular complexity index is 515. The lowest BCUT2D eigenvalue weighted by Gasteiger charge is -2.21. The zero-order valence-electron chi connectivity index (χ0n) is 14.2. The number of guanidine groups is 1. The molecule has 1 atom stereocenters. The minimum Gasteiger partial charge on any atom is -0.383 e. The van der Waals surface area contributed by atoms with Gasteiger partial charge in [-0.15, -0.1) is 0 Å². The van der Waals surface area contributed by atoms with Gasteiger partial charge in [0.15, 0.2) is 5.96 Å². The third-order valence-corrected chi connectivity index (χ3v) is 3.53. The summed E-state index contributed by atoms with van der Waals surface area (Å²) in [6.45, 7) is 8.08. The number of nitrogens with zero attached hydrogens (tertiary/aromatic N) is 2. The maximum absolute atomic E-state index is 10.7. The van der Waals surface area contributed by atoms with Crippen molar-refractivity contribution in [3.8, 4) is 0 Å². The molecule has 0 radical (unpaired) electrons. The van der Waals surface area contributed by atoms with Gasteiger partial charge in [-0.2, -0.15) is 0 Å². The number of nitrogens with one attached hydrogen (secondary N) is 2. The number of ether oxygens (including phenoxy) is 1. The van der Waals surface area contributed by atoms with E-state index in [4.69, 9.17) is 4.74 Å². The van der Waals surface area contributed by atoms with Crippen LogP contribution in [0.4, 0.5) is 5.69 Å². The lowest BCUT2D eigenvalue weighted by molar-refractivity contribution is -0.384. The first-order valence-electron chi connectivity index (χ1n) is 7.71. The summed E-state index contributed by atoms with van der Waals surface area (Å²) in [5, 5.41) is 17.2. The topological polar surface area (TPSA) is 88.8 Å². The molecule has 128 valence electrons. The van der Waals surface area contributed by atoms with Crippen LogP contribution in [0.5, 0.6) is 0 Å². The second kappa shape index (κ2) is 9.78. The Morgan fingerprint density at radius 2 is 1.96 bits per heavy atom. The van der Waals surface area contributed by atoms with E-state index in [0.717, 1.165) is 5.56 Å². The van der Waals surface area contributed by atoms with E-state index in [1.807, 2.05) is 0 Å². The summed E-state index contributed by atoms with van der Waals surface area (Å²) in [6, 6.07) is 6.71. The number of nitro benzene ring substituents is 1. The molecule has 7 nitrogen and oxygen atoms in total. The van der Waals surface area contributed by atoms with Crippen LogP contribution in [0.15, 0.2) is 29.3 Å². The quantitative estimate of drug-likeness (QED) is 0.252. The van der Waals surface area contributed by atoms with Crippen LogP contribution in [0.1, 0.15) is 26.3 Å². The highest BCUT2D eigenvalue weighted by Gasteiger charge is 2.09. The lowest BCUT2D eigenvalue weighted by atomic mass is 10.1. The standard InChI is InChI=1S/C16H26N4O3/c1-12(2)13(3)19-16(17-9-10-23-4)18-11-14-5-7-15(8-6-14)20(21)22/h5-8,12-13H,9-11H2,1-4H3,(H2,17,18,19). The van der Waals surface area contributed by atoms with Crippen LogP contribution in [0, 0.1) is 16.0 Å². The predicted octanol–water partition coefficient (Wildman–Crippen LogP) is 2.32. The summed E-state index contributed by atoms with van der Waals surface area (Å²) < 4.78 is 5.03. The van der Waals surface area contributed by atoms with E-state index in [2.05, 4.69) is 36.4 Å². The third kappa shape index (κ3) is 7.10. The first-order valence-corrected chi connectivity index (χ1v) is 7.71. The molecule has 1 aromatic rings. The van der Waals surface area contributed by atoms with E-state index >= 15 is 0 Å². The van der Waals surface area contributed by atoms with Crippen LogP contribution in [-0.4, -0.2) is 37.2 Å². The first-order chi connectivity index (χ1) is 10.9. The number of methoxy groups -OCH3 is 1. The van der Waals surface area contributed by atoms with E-state index in [1.165, 1.54) is 12.1 Å². The Labute approximate surface area is 137 Å². The molecule has 1 aromatic carbocycles. The average molecular weight is 322 g/mol. The zero-order chi connectivity index (χ0) is 17.2. The Morgan fingerprint density at radius 3 is 2.48 bits per heavy atom. The summed E-state index contributed by atoms with van der Waals surface area (Å²) in [7, 11) is 1.65. The SMILES string of the molecule is COCCNC(=NCc1ccc([N+](=O)[O-])cc1)NC(C)C(C)C. The third-order valence-electron chi connectivity index (χ3n) is 3.53. The van der Waals surface area contributed by atoms with Crippen molar-refractivity contribution in [3.05, 3.63) is 39.9 Å². The molecule has 0 fully saturated rings. The molecule has 0 bridgehead atoms. The van der Waals surface area contributed by atoms with Gasteiger partial charge in [-0.1, -0.05) is 26.0 Å². The van der Waals surface area contributed by atoms with Crippen molar-refractivity contribution in [1.29, 1.82) is 0 Å². The number of rotatable bonds is 8. The largest absolute Gasteiger partial charge is 0.383 e. The average Bonchev–Trinajstić information content (AvgIpc) is 2.52. The van der Waals surface area contributed by atoms with E-state index in [9.17, 15) is 10.1 Å². The van der Waals surface area contributed by atoms with E-state index in [-0.39, 0.29) is 11.7 Å². The number of non-ortho nitro benzene ring substituents is 1. The molecule has 1 unspecified atom stereocenters. The highest BCUT2D eigenvalue weighted by Crippen LogP contribution is 2.12. The predicted molar refractivity (Wildman–Crippen MR) is 91.5 cm³/mol. The Morgan fingerprint density at radius 1 is 1.30 bits per heavy atom. The molecule has 0 amide bonds. The molecule has 7 heteroatoms. The zero-order valence-corrected chi connectivity index (χ0v) is 14.2. The number of hydrogen-bond donors (Lipinski definition) is 2. The van der Waals surface area contributed by atoms with Crippen molar-refractivity contribution in [2.75, 3.05) is 20.3 Å². The van der Waals surface area contributed by atoms with Gasteiger partial charge < -0.3 is 15.4 Å². The van der Waals surface area contributed by atoms with Gasteiger partial charge in [-0.05, 0) is 18.4 Å². The lowest BCUT2D eigenvalue weighted by Crippen LogP contribution is -2.45. The van der Waals surface area contributed by atoms with Gasteiger partial charge in [0, 0.05) is 31.8 Å². The van der Waals surface area contributed by atoms with Crippen LogP contribution < -0.4 is 10.6 Å². The van der Waals surface area contributed by atoms with Crippen molar-refractivity contribution < 1.29 is 9.66 Å². The molecule has 23 heavy (non-hydrogen) atoms. The molecule has 0 aliphatic rings. The maximum atomic E-state index is 10.7. The molecular formula is C16H26N4O3. The van der Waals surface area contributed by atoms with Crippen molar-refractivity contribution in [1.82, 2.24) is 10.6 Å². The monoisotopic (exact) mass is 322 g/mol. The van der Waals surface area contributed by atoms with Gasteiger partial charge in [-0.25, -0.2) is 4.99 Å². The first kappa shape index (κ1) is 18.9. The van der Waals surface area contributed by atoms with Crippen molar-refractivity contribution in [3.63, 3.8) is 0 Å². The molecule has 0 aliphatic carbocycles. The Hall–Kier alpha value is -2.15. The van der Waals surface area contributed by atoms with Crippen LogP contribution >= 0.6 is 0 Å². The fourth-order valence-corrected chi connectivity index (χ4v) is 1.70. The highest BCUT2D eigenvalue weighted by atomic mass is 16.6. The Balaban J connectivity index is 2.71. The molecule has 1 rings (SSSR count). The number of aliphatic imine (C=N–C) groups is 1. The normalized spacial score (nSPS) is 13.0. The fourth-order valence-electron chi connectivity index (χ4n) is 1.70. The van der Waals surface area contributed by atoms with Gasteiger partial charge in [0.2, 0.25) is 0 Å². The summed E-state index contributed by atoms with van der Waals surface area (Å²) in [5.74, 6) is 1.19. The second-order valence-corrected chi connectivity index (χ2v) is 5.68. The van der Waals surface area contributed by atoms with Gasteiger partial charge >= 0.3 is 0 Å². The van der Waals surface area contributed by atoms with Gasteiger partial charge in [0.25, 0.3) is 5.69 Å². The second-order valence-electron chi connectivity index (χ2n) is 5.68. The molecule has 0 saturated heterocycles. The molecule has 2 N–H and O–H groups in total. The van der Waals surface area contributed by atoms with Gasteiger partial charge in [0.05, 0.1) is 18.1 Å². The summed E-state index contributed by atoms with van der Waals surface area (Å²) in [4.78, 5) is 14.8. The van der Waals surface area contributed by atoms with Gasteiger partial charge in [0.1, 0.15) is 0 Å². The molecule has 0 heterocycles. The number of nitro groups is 1. The van der Waals surface area contributed by atoms with Crippen molar-refractivity contribution in [2.24, 2.45) is 10.9 Å². The van der Waals surface area contributed by atoms with Crippen molar-refractivity contribution >= 4 is 11.6 Å². The van der Waals surface area contributed by atoms with Crippen LogP contribution in [-0.2, 0) is 11.3 Å². The van der Waals surface area contributed by atoms with Crippen LogP contribution in [0.3, 0.4) is 0 Å². The van der Waals surface area contributed by atoms with E-state index < -0.39 is 4.92 Å². The molecule has 0 aliphatic heterocycles. The summed E-state index contributed by atoms with van der Waals surface area (Å²) in [5.41, 5.74) is 1.00. The highest BCUT2D eigenvalue weighted by molar-refractivity contribution is 5.80. The number of benzene rings is 1. The van der Waals surface area contributed by atoms with Gasteiger partial charge in [-0.3, -0.25) is 10.1 Å². The fraction of sp³-hybridized carbons (Fsp3) is 0.562. The summed E-state index contributed by atoms with van der Waals surface area (Å²) in [6.07, 6.45) is 0. The summed E-state index contributed by atoms with van der Waals surface area (Å²) >= 11 is 0. The van der Waals surface area contributed by atoms with Crippen LogP contribution in [0.25, 0.3) is 0 Å². The molecule has 0 saturated carbocycles. The van der Waals surface area contributed by atoms with E-state index in [1.54, 1.807) is 19.2 Å². The minimum atomic E-state index is -0.406. The minimum absolute atomic E-state index is 0.0859. The molecular weight excluding hydrogens is 296 g/mol. The van der Waals surface area contributed by atoms with Crippen LogP contribution in [0.2, 0.25) is 0 Å². The van der Waals surface area contributed by atoms with E-state index in [0.29, 0.717) is 31.6 Å². The Kier molecular flexibility index (Phi) is 8.04. The van der Waals surface area contributed by atoms with Crippen molar-refractivity contribution in [2.45, 2.75) is 33.4 Å². The maximum Gasteiger partial charge on any atom is 0.269 e. The molecule has 0 spiro atoms. The number of hydrogen-bond acceptors (Lipinski definition) is 4. The molecule has 0 aromatic heterocycles. The smallest absolute Gasteiger partial charge is 0.269 e.